The van der Waals surface area contributed by atoms with Crippen molar-refractivity contribution in [2.45, 2.75) is 32.4 Å². The molecule has 0 saturated heterocycles. The lowest BCUT2D eigenvalue weighted by molar-refractivity contribution is -0.147. The Labute approximate surface area is 152 Å². The highest BCUT2D eigenvalue weighted by Gasteiger charge is 2.47. The van der Waals surface area contributed by atoms with Gasteiger partial charge in [0.15, 0.2) is 0 Å². The van der Waals surface area contributed by atoms with E-state index in [0.717, 1.165) is 16.9 Å². The lowest BCUT2D eigenvalue weighted by Crippen LogP contribution is -2.59. The van der Waals surface area contributed by atoms with Crippen LogP contribution in [-0.2, 0) is 9.59 Å². The Balaban J connectivity index is 1.77. The number of hydrogen-bond acceptors (Lipinski definition) is 4. The second-order valence-corrected chi connectivity index (χ2v) is 6.56. The standard InChI is InChI=1S/C20H22N2O4/c1-12-5-10-17-16(11-12)22-19(24)20(3,26-17)18(23)21-13(2)14-6-8-15(25-4)9-7-14/h5-11,13H,1-4H3,(H,21,23)(H,22,24). The summed E-state index contributed by atoms with van der Waals surface area (Å²) in [6.45, 7) is 5.24. The van der Waals surface area contributed by atoms with E-state index in [4.69, 9.17) is 9.47 Å². The predicted octanol–water partition coefficient (Wildman–Crippen LogP) is 2.97. The van der Waals surface area contributed by atoms with Gasteiger partial charge in [-0.25, -0.2) is 0 Å². The van der Waals surface area contributed by atoms with Gasteiger partial charge in [0.2, 0.25) is 0 Å². The maximum atomic E-state index is 12.8. The maximum Gasteiger partial charge on any atom is 0.278 e. The van der Waals surface area contributed by atoms with E-state index in [1.165, 1.54) is 6.92 Å². The molecule has 26 heavy (non-hydrogen) atoms. The van der Waals surface area contributed by atoms with Gasteiger partial charge in [0, 0.05) is 0 Å². The van der Waals surface area contributed by atoms with Gasteiger partial charge in [-0.1, -0.05) is 18.2 Å². The van der Waals surface area contributed by atoms with Crippen molar-refractivity contribution in [3.05, 3.63) is 53.6 Å². The molecule has 3 rings (SSSR count). The van der Waals surface area contributed by atoms with Crippen LogP contribution in [0.1, 0.15) is 31.0 Å². The summed E-state index contributed by atoms with van der Waals surface area (Å²) < 4.78 is 10.9. The van der Waals surface area contributed by atoms with E-state index in [0.29, 0.717) is 11.4 Å². The summed E-state index contributed by atoms with van der Waals surface area (Å²) in [6.07, 6.45) is 0. The molecule has 0 fully saturated rings. The number of ether oxygens (including phenoxy) is 2. The summed E-state index contributed by atoms with van der Waals surface area (Å²) in [4.78, 5) is 25.3. The fourth-order valence-corrected chi connectivity index (χ4v) is 2.80. The van der Waals surface area contributed by atoms with Crippen molar-refractivity contribution in [1.82, 2.24) is 5.32 Å². The highest BCUT2D eigenvalue weighted by atomic mass is 16.5. The molecule has 1 aliphatic rings. The van der Waals surface area contributed by atoms with Crippen LogP contribution in [-0.4, -0.2) is 24.5 Å². The molecule has 2 amide bonds. The van der Waals surface area contributed by atoms with Crippen LogP contribution in [0.5, 0.6) is 11.5 Å². The largest absolute Gasteiger partial charge is 0.497 e. The monoisotopic (exact) mass is 354 g/mol. The number of methoxy groups -OCH3 is 1. The quantitative estimate of drug-likeness (QED) is 0.828. The third kappa shape index (κ3) is 3.22. The first-order valence-electron chi connectivity index (χ1n) is 8.39. The van der Waals surface area contributed by atoms with Gasteiger partial charge in [0.1, 0.15) is 11.5 Å². The molecule has 2 aromatic carbocycles. The van der Waals surface area contributed by atoms with Gasteiger partial charge in [0.05, 0.1) is 18.8 Å². The molecule has 6 heteroatoms. The third-order valence-corrected chi connectivity index (χ3v) is 4.53. The molecular formula is C20H22N2O4. The first-order valence-corrected chi connectivity index (χ1v) is 8.39. The molecule has 0 spiro atoms. The zero-order chi connectivity index (χ0) is 18.9. The van der Waals surface area contributed by atoms with Crippen LogP contribution in [0.25, 0.3) is 0 Å². The van der Waals surface area contributed by atoms with E-state index in [2.05, 4.69) is 10.6 Å². The minimum Gasteiger partial charge on any atom is -0.497 e. The molecule has 6 nitrogen and oxygen atoms in total. The molecular weight excluding hydrogens is 332 g/mol. The molecule has 2 aromatic rings. The highest BCUT2D eigenvalue weighted by molar-refractivity contribution is 6.15. The van der Waals surface area contributed by atoms with Crippen molar-refractivity contribution < 1.29 is 19.1 Å². The van der Waals surface area contributed by atoms with Crippen molar-refractivity contribution in [3.63, 3.8) is 0 Å². The molecule has 2 unspecified atom stereocenters. The number of carbonyl (C=O) groups excluding carboxylic acids is 2. The molecule has 0 aliphatic carbocycles. The Hall–Kier alpha value is -3.02. The normalized spacial score (nSPS) is 19.6. The van der Waals surface area contributed by atoms with E-state index in [1.807, 2.05) is 50.2 Å². The first kappa shape index (κ1) is 17.8. The molecule has 136 valence electrons. The van der Waals surface area contributed by atoms with Crippen molar-refractivity contribution in [1.29, 1.82) is 0 Å². The second kappa shape index (κ2) is 6.71. The van der Waals surface area contributed by atoms with Crippen LogP contribution in [0.4, 0.5) is 5.69 Å². The third-order valence-electron chi connectivity index (χ3n) is 4.53. The molecule has 1 aliphatic heterocycles. The minimum atomic E-state index is -1.64. The van der Waals surface area contributed by atoms with Gasteiger partial charge in [-0.15, -0.1) is 0 Å². The van der Waals surface area contributed by atoms with Gasteiger partial charge in [-0.2, -0.15) is 0 Å². The first-order chi connectivity index (χ1) is 12.3. The van der Waals surface area contributed by atoms with Gasteiger partial charge >= 0.3 is 0 Å². The van der Waals surface area contributed by atoms with Crippen LogP contribution in [0, 0.1) is 6.92 Å². The van der Waals surface area contributed by atoms with Gasteiger partial charge < -0.3 is 20.1 Å². The van der Waals surface area contributed by atoms with Crippen molar-refractivity contribution in [2.75, 3.05) is 12.4 Å². The number of nitrogens with one attached hydrogen (secondary N) is 2. The number of carbonyl (C=O) groups is 2. The topological polar surface area (TPSA) is 76.7 Å². The number of benzene rings is 2. The predicted molar refractivity (Wildman–Crippen MR) is 98.4 cm³/mol. The Morgan fingerprint density at radius 2 is 1.92 bits per heavy atom. The maximum absolute atomic E-state index is 12.8. The molecule has 0 bridgehead atoms. The summed E-state index contributed by atoms with van der Waals surface area (Å²) in [5, 5.41) is 5.61. The Morgan fingerprint density at radius 3 is 2.58 bits per heavy atom. The summed E-state index contributed by atoms with van der Waals surface area (Å²) in [5.41, 5.74) is 0.829. The van der Waals surface area contributed by atoms with E-state index < -0.39 is 17.4 Å². The van der Waals surface area contributed by atoms with Gasteiger partial charge in [-0.3, -0.25) is 9.59 Å². The van der Waals surface area contributed by atoms with E-state index in [-0.39, 0.29) is 6.04 Å². The lowest BCUT2D eigenvalue weighted by atomic mass is 9.99. The van der Waals surface area contributed by atoms with Crippen LogP contribution in [0.2, 0.25) is 0 Å². The highest BCUT2D eigenvalue weighted by Crippen LogP contribution is 2.34. The number of anilines is 1. The average molecular weight is 354 g/mol. The molecule has 1 heterocycles. The van der Waals surface area contributed by atoms with Gasteiger partial charge in [0.25, 0.3) is 17.4 Å². The van der Waals surface area contributed by atoms with E-state index >= 15 is 0 Å². The molecule has 0 radical (unpaired) electrons. The molecule has 2 N–H and O–H groups in total. The fraction of sp³-hybridized carbons (Fsp3) is 0.300. The minimum absolute atomic E-state index is 0.291. The Morgan fingerprint density at radius 1 is 1.23 bits per heavy atom. The average Bonchev–Trinajstić information content (AvgIpc) is 2.63. The lowest BCUT2D eigenvalue weighted by Gasteiger charge is -2.34. The number of aryl methyl sites for hydroxylation is 1. The number of rotatable bonds is 4. The number of fused-ring (bicyclic) bond motifs is 1. The Kier molecular flexibility index (Phi) is 4.59. The number of hydrogen-bond donors (Lipinski definition) is 2. The van der Waals surface area contributed by atoms with Crippen LogP contribution < -0.4 is 20.1 Å². The van der Waals surface area contributed by atoms with Crippen LogP contribution in [0.3, 0.4) is 0 Å². The fourth-order valence-electron chi connectivity index (χ4n) is 2.80. The smallest absolute Gasteiger partial charge is 0.278 e. The second-order valence-electron chi connectivity index (χ2n) is 6.56. The molecule has 0 saturated carbocycles. The van der Waals surface area contributed by atoms with Crippen molar-refractivity contribution in [3.8, 4) is 11.5 Å². The van der Waals surface area contributed by atoms with Crippen LogP contribution in [0.15, 0.2) is 42.5 Å². The zero-order valence-corrected chi connectivity index (χ0v) is 15.3. The van der Waals surface area contributed by atoms with Gasteiger partial charge in [-0.05, 0) is 56.2 Å². The number of amides is 2. The summed E-state index contributed by atoms with van der Waals surface area (Å²) in [6, 6.07) is 12.5. The van der Waals surface area contributed by atoms with Crippen LogP contribution >= 0.6 is 0 Å². The Bertz CT molecular complexity index is 847. The van der Waals surface area contributed by atoms with E-state index in [1.54, 1.807) is 13.2 Å². The summed E-state index contributed by atoms with van der Waals surface area (Å²) in [7, 11) is 1.60. The van der Waals surface area contributed by atoms with Crippen molar-refractivity contribution in [2.24, 2.45) is 0 Å². The molecule has 2 atom stereocenters. The molecule has 0 aromatic heterocycles. The summed E-state index contributed by atoms with van der Waals surface area (Å²) in [5.74, 6) is 0.227. The summed E-state index contributed by atoms with van der Waals surface area (Å²) >= 11 is 0. The van der Waals surface area contributed by atoms with Crippen molar-refractivity contribution >= 4 is 17.5 Å². The van der Waals surface area contributed by atoms with E-state index in [9.17, 15) is 9.59 Å². The zero-order valence-electron chi connectivity index (χ0n) is 15.3. The SMILES string of the molecule is COc1ccc(C(C)NC(=O)C2(C)Oc3ccc(C)cc3NC2=O)cc1.